The summed E-state index contributed by atoms with van der Waals surface area (Å²) in [6, 6.07) is 18.8. The molecule has 106 valence electrons. The van der Waals surface area contributed by atoms with Gasteiger partial charge in [-0.3, -0.25) is 4.79 Å². The summed E-state index contributed by atoms with van der Waals surface area (Å²) in [5, 5.41) is 0. The van der Waals surface area contributed by atoms with Crippen molar-refractivity contribution in [3.8, 4) is 11.1 Å². The maximum atomic E-state index is 11.9. The first kappa shape index (κ1) is 14.2. The molecule has 21 heavy (non-hydrogen) atoms. The molecule has 0 bridgehead atoms. The van der Waals surface area contributed by atoms with Crippen LogP contribution in [-0.2, 0) is 4.79 Å². The number of ketones is 1. The molecule has 2 heteroatoms. The quantitative estimate of drug-likeness (QED) is 0.746. The molecule has 0 aliphatic heterocycles. The monoisotopic (exact) mass is 294 g/mol. The fraction of sp³-hybridized carbons (Fsp3) is 0.211. The van der Waals surface area contributed by atoms with Gasteiger partial charge in [-0.25, -0.2) is 0 Å². The topological polar surface area (TPSA) is 17.1 Å². The van der Waals surface area contributed by atoms with Gasteiger partial charge in [0.15, 0.2) is 5.78 Å². The Morgan fingerprint density at radius 1 is 0.905 bits per heavy atom. The summed E-state index contributed by atoms with van der Waals surface area (Å²) in [6.45, 7) is 1.97. The molecule has 3 rings (SSSR count). The van der Waals surface area contributed by atoms with Crippen molar-refractivity contribution in [2.45, 2.75) is 31.1 Å². The molecule has 0 N–H and O–H groups in total. The van der Waals surface area contributed by atoms with Gasteiger partial charge in [0.05, 0.1) is 0 Å². The van der Waals surface area contributed by atoms with E-state index in [0.717, 1.165) is 18.4 Å². The van der Waals surface area contributed by atoms with E-state index in [9.17, 15) is 4.79 Å². The van der Waals surface area contributed by atoms with Crippen molar-refractivity contribution in [2.24, 2.45) is 0 Å². The molecule has 0 aromatic heterocycles. The fourth-order valence-electron chi connectivity index (χ4n) is 2.61. The van der Waals surface area contributed by atoms with Gasteiger partial charge in [0.25, 0.3) is 0 Å². The first-order chi connectivity index (χ1) is 10.3. The van der Waals surface area contributed by atoms with Gasteiger partial charge in [-0.1, -0.05) is 60.3 Å². The van der Waals surface area contributed by atoms with E-state index in [2.05, 4.69) is 48.5 Å². The minimum Gasteiger partial charge on any atom is -0.295 e. The third-order valence-corrected chi connectivity index (χ3v) is 5.18. The average molecular weight is 294 g/mol. The maximum Gasteiger partial charge on any atom is 0.159 e. The second kappa shape index (κ2) is 6.31. The molecule has 0 spiro atoms. The van der Waals surface area contributed by atoms with Gasteiger partial charge in [-0.2, -0.15) is 0 Å². The largest absolute Gasteiger partial charge is 0.295 e. The zero-order valence-electron chi connectivity index (χ0n) is 12.1. The fourth-order valence-corrected chi connectivity index (χ4v) is 3.83. The Hall–Kier alpha value is -1.80. The molecule has 0 saturated heterocycles. The van der Waals surface area contributed by atoms with Crippen LogP contribution < -0.4 is 0 Å². The third kappa shape index (κ3) is 3.11. The van der Waals surface area contributed by atoms with Crippen molar-refractivity contribution in [3.05, 3.63) is 65.1 Å². The van der Waals surface area contributed by atoms with Crippen LogP contribution in [0.5, 0.6) is 0 Å². The number of carbonyl (C=O) groups is 1. The number of carbonyl (C=O) groups excluding carboxylic acids is 1. The number of benzene rings is 2. The SMILES string of the molecule is CC1=C(Sc2ccccc2-c2ccccc2)CCCC1=O. The highest BCUT2D eigenvalue weighted by molar-refractivity contribution is 8.03. The smallest absolute Gasteiger partial charge is 0.159 e. The van der Waals surface area contributed by atoms with Gasteiger partial charge in [0, 0.05) is 16.9 Å². The highest BCUT2D eigenvalue weighted by Gasteiger charge is 2.18. The van der Waals surface area contributed by atoms with E-state index >= 15 is 0 Å². The molecule has 1 aliphatic carbocycles. The third-order valence-electron chi connectivity index (χ3n) is 3.85. The Morgan fingerprint density at radius 2 is 1.62 bits per heavy atom. The summed E-state index contributed by atoms with van der Waals surface area (Å²) in [5.41, 5.74) is 3.41. The standard InChI is InChI=1S/C19H18OS/c1-14-17(20)11-7-13-18(14)21-19-12-6-5-10-16(19)15-8-3-2-4-9-15/h2-6,8-10,12H,7,11,13H2,1H3. The number of allylic oxidation sites excluding steroid dienone is 2. The number of hydrogen-bond acceptors (Lipinski definition) is 2. The molecule has 2 aromatic rings. The lowest BCUT2D eigenvalue weighted by Crippen LogP contribution is -2.07. The molecule has 0 unspecified atom stereocenters. The van der Waals surface area contributed by atoms with Crippen molar-refractivity contribution in [2.75, 3.05) is 0 Å². The molecule has 2 aromatic carbocycles. The Labute approximate surface area is 130 Å². The lowest BCUT2D eigenvalue weighted by atomic mass is 9.99. The normalized spacial score (nSPS) is 15.4. The van der Waals surface area contributed by atoms with E-state index in [-0.39, 0.29) is 0 Å². The Balaban J connectivity index is 1.97. The van der Waals surface area contributed by atoms with Crippen LogP contribution in [0.4, 0.5) is 0 Å². The zero-order chi connectivity index (χ0) is 14.7. The lowest BCUT2D eigenvalue weighted by Gasteiger charge is -2.17. The minimum absolute atomic E-state index is 0.306. The van der Waals surface area contributed by atoms with E-state index < -0.39 is 0 Å². The second-order valence-corrected chi connectivity index (χ2v) is 6.43. The van der Waals surface area contributed by atoms with Crippen molar-refractivity contribution in [3.63, 3.8) is 0 Å². The highest BCUT2D eigenvalue weighted by Crippen LogP contribution is 2.40. The Bertz CT molecular complexity index is 686. The molecule has 0 amide bonds. The summed E-state index contributed by atoms with van der Waals surface area (Å²) in [6.07, 6.45) is 2.70. The molecular formula is C19H18OS. The zero-order valence-corrected chi connectivity index (χ0v) is 13.0. The van der Waals surface area contributed by atoms with E-state index in [0.29, 0.717) is 12.2 Å². The highest BCUT2D eigenvalue weighted by atomic mass is 32.2. The molecule has 0 saturated carbocycles. The Kier molecular flexibility index (Phi) is 4.26. The van der Waals surface area contributed by atoms with Gasteiger partial charge in [-0.15, -0.1) is 0 Å². The maximum absolute atomic E-state index is 11.9. The average Bonchev–Trinajstić information content (AvgIpc) is 2.53. The lowest BCUT2D eigenvalue weighted by molar-refractivity contribution is -0.115. The van der Waals surface area contributed by atoms with Crippen LogP contribution in [0.15, 0.2) is 70.0 Å². The predicted octanol–water partition coefficient (Wildman–Crippen LogP) is 5.47. The van der Waals surface area contributed by atoms with Gasteiger partial charge >= 0.3 is 0 Å². The number of thioether (sulfide) groups is 1. The van der Waals surface area contributed by atoms with Crippen LogP contribution in [0, 0.1) is 0 Å². The van der Waals surface area contributed by atoms with E-state index in [1.807, 2.05) is 13.0 Å². The summed E-state index contributed by atoms with van der Waals surface area (Å²) in [4.78, 5) is 14.3. The van der Waals surface area contributed by atoms with Gasteiger partial charge in [0.1, 0.15) is 0 Å². The van der Waals surface area contributed by atoms with Crippen LogP contribution in [0.3, 0.4) is 0 Å². The van der Waals surface area contributed by atoms with Crippen molar-refractivity contribution >= 4 is 17.5 Å². The van der Waals surface area contributed by atoms with Crippen LogP contribution >= 0.6 is 11.8 Å². The predicted molar refractivity (Wildman–Crippen MR) is 89.3 cm³/mol. The van der Waals surface area contributed by atoms with Crippen LogP contribution in [0.2, 0.25) is 0 Å². The second-order valence-electron chi connectivity index (χ2n) is 5.29. The number of rotatable bonds is 3. The van der Waals surface area contributed by atoms with E-state index in [4.69, 9.17) is 0 Å². The first-order valence-corrected chi connectivity index (χ1v) is 8.12. The first-order valence-electron chi connectivity index (χ1n) is 7.31. The summed E-state index contributed by atoms with van der Waals surface area (Å²) >= 11 is 1.76. The summed E-state index contributed by atoms with van der Waals surface area (Å²) < 4.78 is 0. The van der Waals surface area contributed by atoms with E-state index in [1.165, 1.54) is 20.9 Å². The van der Waals surface area contributed by atoms with Crippen molar-refractivity contribution in [1.82, 2.24) is 0 Å². The number of Topliss-reactive ketones (excluding diaryl/α,β-unsaturated/α-hetero) is 1. The van der Waals surface area contributed by atoms with Crippen LogP contribution in [-0.4, -0.2) is 5.78 Å². The van der Waals surface area contributed by atoms with Crippen LogP contribution in [0.1, 0.15) is 26.2 Å². The Morgan fingerprint density at radius 3 is 2.43 bits per heavy atom. The minimum atomic E-state index is 0.306. The van der Waals surface area contributed by atoms with Crippen molar-refractivity contribution in [1.29, 1.82) is 0 Å². The van der Waals surface area contributed by atoms with E-state index in [1.54, 1.807) is 11.8 Å². The molecular weight excluding hydrogens is 276 g/mol. The molecule has 1 aliphatic rings. The van der Waals surface area contributed by atoms with Crippen LogP contribution in [0.25, 0.3) is 11.1 Å². The number of hydrogen-bond donors (Lipinski definition) is 0. The summed E-state index contributed by atoms with van der Waals surface area (Å²) in [5.74, 6) is 0.306. The molecule has 0 atom stereocenters. The molecule has 1 nitrogen and oxygen atoms in total. The van der Waals surface area contributed by atoms with Gasteiger partial charge in [-0.05, 0) is 41.9 Å². The molecule has 0 radical (unpaired) electrons. The van der Waals surface area contributed by atoms with Crippen molar-refractivity contribution < 1.29 is 4.79 Å². The molecule has 0 fully saturated rings. The van der Waals surface area contributed by atoms with Gasteiger partial charge < -0.3 is 0 Å². The van der Waals surface area contributed by atoms with Gasteiger partial charge in [0.2, 0.25) is 0 Å². The summed E-state index contributed by atoms with van der Waals surface area (Å²) in [7, 11) is 0. The molecule has 0 heterocycles.